The summed E-state index contributed by atoms with van der Waals surface area (Å²) in [5, 5.41) is 12.0. The van der Waals surface area contributed by atoms with Gasteiger partial charge in [-0.25, -0.2) is 13.3 Å². The van der Waals surface area contributed by atoms with Gasteiger partial charge in [0.1, 0.15) is 22.3 Å². The van der Waals surface area contributed by atoms with Crippen molar-refractivity contribution in [2.24, 2.45) is 0 Å². The molecule has 0 aliphatic heterocycles. The minimum atomic E-state index is -1.64. The topological polar surface area (TPSA) is 82.0 Å². The molecule has 0 saturated carbocycles. The van der Waals surface area contributed by atoms with Gasteiger partial charge in [0.2, 0.25) is 5.91 Å². The van der Waals surface area contributed by atoms with Crippen LogP contribution in [0, 0.1) is 31.0 Å². The first kappa shape index (κ1) is 24.6. The minimum absolute atomic E-state index is 0.247. The van der Waals surface area contributed by atoms with E-state index in [2.05, 4.69) is 16.1 Å². The maximum Gasteiger partial charge on any atom is 0.246 e. The lowest BCUT2D eigenvalue weighted by molar-refractivity contribution is -0.120. The molecule has 2 N–H and O–H groups in total. The Hall–Kier alpha value is -2.99. The van der Waals surface area contributed by atoms with Crippen LogP contribution in [0.3, 0.4) is 0 Å². The predicted molar refractivity (Wildman–Crippen MR) is 131 cm³/mol. The molecule has 8 heteroatoms. The molecule has 1 unspecified atom stereocenters. The van der Waals surface area contributed by atoms with Gasteiger partial charge in [-0.1, -0.05) is 17.7 Å². The number of halogens is 1. The molecule has 0 bridgehead atoms. The van der Waals surface area contributed by atoms with Crippen LogP contribution in [0.25, 0.3) is 0 Å². The van der Waals surface area contributed by atoms with Crippen LogP contribution < -0.4 is 10.0 Å². The fourth-order valence-electron chi connectivity index (χ4n) is 2.96. The third-order valence-electron chi connectivity index (χ3n) is 5.00. The fraction of sp³-hybridized carbons (Fsp3) is 0.200. The highest BCUT2D eigenvalue weighted by Crippen LogP contribution is 2.26. The summed E-state index contributed by atoms with van der Waals surface area (Å²) in [6.07, 6.45) is 0. The zero-order valence-electron chi connectivity index (χ0n) is 18.5. The third kappa shape index (κ3) is 6.51. The Kier molecular flexibility index (Phi) is 8.03. The van der Waals surface area contributed by atoms with E-state index in [0.29, 0.717) is 16.1 Å². The molecule has 0 aliphatic rings. The summed E-state index contributed by atoms with van der Waals surface area (Å²) < 4.78 is 29.3. The average Bonchev–Trinajstić information content (AvgIpc) is 2.79. The molecule has 0 saturated heterocycles. The van der Waals surface area contributed by atoms with Gasteiger partial charge in [0.05, 0.1) is 16.5 Å². The SMILES string of the molecule is Cc1ccc(S(=O)N[C@@](C)(CSc2ccc(F)cc2)C(=O)Nc2ccc(C#N)c(C)c2)cc1. The standard InChI is InChI=1S/C25H24FN3O2S2/c1-17-4-12-23(13-5-17)33(31)29-25(3,16-32-22-10-7-20(26)8-11-22)24(30)28-21-9-6-19(15-27)18(2)14-21/h4-14,29H,16H2,1-3H3,(H,28,30)/t25-,33?/m0/s1. The Labute approximate surface area is 200 Å². The number of thioether (sulfide) groups is 1. The molecule has 0 heterocycles. The van der Waals surface area contributed by atoms with Gasteiger partial charge in [0.25, 0.3) is 0 Å². The van der Waals surface area contributed by atoms with Crippen LogP contribution in [0.15, 0.2) is 76.5 Å². The van der Waals surface area contributed by atoms with Gasteiger partial charge in [-0.2, -0.15) is 5.26 Å². The van der Waals surface area contributed by atoms with Crippen molar-refractivity contribution in [3.8, 4) is 6.07 Å². The normalized spacial score (nSPS) is 13.5. The summed E-state index contributed by atoms with van der Waals surface area (Å²) in [6.45, 7) is 5.42. The van der Waals surface area contributed by atoms with Gasteiger partial charge >= 0.3 is 0 Å². The van der Waals surface area contributed by atoms with Crippen LogP contribution in [0.1, 0.15) is 23.6 Å². The zero-order valence-corrected chi connectivity index (χ0v) is 20.1. The highest BCUT2D eigenvalue weighted by Gasteiger charge is 2.35. The number of nitriles is 1. The number of carbonyl (C=O) groups excluding carboxylic acids is 1. The lowest BCUT2D eigenvalue weighted by Crippen LogP contribution is -2.54. The van der Waals surface area contributed by atoms with Gasteiger partial charge in [-0.05, 0) is 80.9 Å². The van der Waals surface area contributed by atoms with Crippen LogP contribution in [0.5, 0.6) is 0 Å². The molecular formula is C25H24FN3O2S2. The van der Waals surface area contributed by atoms with E-state index in [1.807, 2.05) is 19.1 Å². The summed E-state index contributed by atoms with van der Waals surface area (Å²) in [5.74, 6) is -0.464. The van der Waals surface area contributed by atoms with E-state index in [-0.39, 0.29) is 17.5 Å². The Balaban J connectivity index is 1.84. The molecule has 0 radical (unpaired) electrons. The Morgan fingerprint density at radius 1 is 1.09 bits per heavy atom. The number of aryl methyl sites for hydroxylation is 2. The molecule has 33 heavy (non-hydrogen) atoms. The molecule has 2 atom stereocenters. The van der Waals surface area contributed by atoms with Crippen molar-refractivity contribution >= 4 is 34.3 Å². The summed E-state index contributed by atoms with van der Waals surface area (Å²) in [6, 6.07) is 20.4. The summed E-state index contributed by atoms with van der Waals surface area (Å²) in [4.78, 5) is 14.7. The van der Waals surface area contributed by atoms with Crippen molar-refractivity contribution < 1.29 is 13.4 Å². The minimum Gasteiger partial charge on any atom is -0.324 e. The van der Waals surface area contributed by atoms with Crippen LogP contribution in [-0.2, 0) is 15.8 Å². The summed E-state index contributed by atoms with van der Waals surface area (Å²) >= 11 is 1.36. The molecule has 3 aromatic rings. The number of amides is 1. The number of carbonyl (C=O) groups is 1. The second-order valence-corrected chi connectivity index (χ2v) is 10.1. The van der Waals surface area contributed by atoms with Gasteiger partial charge in [0, 0.05) is 16.3 Å². The first-order valence-electron chi connectivity index (χ1n) is 10.2. The molecule has 0 aromatic heterocycles. The number of rotatable bonds is 8. The summed E-state index contributed by atoms with van der Waals surface area (Å²) in [7, 11) is -1.64. The molecule has 0 fully saturated rings. The lowest BCUT2D eigenvalue weighted by Gasteiger charge is -2.29. The second kappa shape index (κ2) is 10.8. The lowest BCUT2D eigenvalue weighted by atomic mass is 10.0. The maximum atomic E-state index is 13.4. The van der Waals surface area contributed by atoms with Gasteiger partial charge < -0.3 is 5.32 Å². The first-order chi connectivity index (χ1) is 15.7. The molecule has 0 aliphatic carbocycles. The zero-order chi connectivity index (χ0) is 24.0. The smallest absolute Gasteiger partial charge is 0.246 e. The van der Waals surface area contributed by atoms with Gasteiger partial charge in [-0.3, -0.25) is 4.79 Å². The van der Waals surface area contributed by atoms with E-state index in [1.54, 1.807) is 56.3 Å². The van der Waals surface area contributed by atoms with E-state index in [1.165, 1.54) is 23.9 Å². The highest BCUT2D eigenvalue weighted by molar-refractivity contribution is 7.99. The van der Waals surface area contributed by atoms with Gasteiger partial charge in [0.15, 0.2) is 0 Å². The molecule has 170 valence electrons. The van der Waals surface area contributed by atoms with Crippen molar-refractivity contribution in [1.82, 2.24) is 4.72 Å². The van der Waals surface area contributed by atoms with E-state index in [0.717, 1.165) is 16.0 Å². The monoisotopic (exact) mass is 481 g/mol. The largest absolute Gasteiger partial charge is 0.324 e. The van der Waals surface area contributed by atoms with Crippen molar-refractivity contribution in [2.75, 3.05) is 11.1 Å². The van der Waals surface area contributed by atoms with E-state index >= 15 is 0 Å². The molecule has 3 rings (SSSR count). The Morgan fingerprint density at radius 3 is 2.36 bits per heavy atom. The van der Waals surface area contributed by atoms with Crippen molar-refractivity contribution in [3.63, 3.8) is 0 Å². The first-order valence-corrected chi connectivity index (χ1v) is 12.3. The molecule has 0 spiro atoms. The highest BCUT2D eigenvalue weighted by atomic mass is 32.2. The maximum absolute atomic E-state index is 13.4. The van der Waals surface area contributed by atoms with Gasteiger partial charge in [-0.15, -0.1) is 11.8 Å². The molecule has 3 aromatic carbocycles. The number of nitrogens with one attached hydrogen (secondary N) is 2. The number of benzene rings is 3. The third-order valence-corrected chi connectivity index (χ3v) is 7.66. The number of hydrogen-bond acceptors (Lipinski definition) is 4. The predicted octanol–water partition coefficient (Wildman–Crippen LogP) is 5.12. The number of anilines is 1. The quantitative estimate of drug-likeness (QED) is 0.438. The van der Waals surface area contributed by atoms with Crippen LogP contribution in [0.2, 0.25) is 0 Å². The summed E-state index contributed by atoms with van der Waals surface area (Å²) in [5.41, 5.74) is 1.63. The number of nitrogens with zero attached hydrogens (tertiary/aromatic N) is 1. The fourth-order valence-corrected chi connectivity index (χ4v) is 5.11. The second-order valence-electron chi connectivity index (χ2n) is 7.85. The van der Waals surface area contributed by atoms with E-state index in [4.69, 9.17) is 5.26 Å². The number of hydrogen-bond donors (Lipinski definition) is 2. The average molecular weight is 482 g/mol. The molecule has 5 nitrogen and oxygen atoms in total. The van der Waals surface area contributed by atoms with E-state index < -0.39 is 16.5 Å². The Bertz CT molecular complexity index is 1210. The van der Waals surface area contributed by atoms with Crippen LogP contribution in [-0.4, -0.2) is 21.4 Å². The Morgan fingerprint density at radius 2 is 1.76 bits per heavy atom. The van der Waals surface area contributed by atoms with Crippen molar-refractivity contribution in [1.29, 1.82) is 5.26 Å². The van der Waals surface area contributed by atoms with Crippen LogP contribution in [0.4, 0.5) is 10.1 Å². The molecule has 1 amide bonds. The van der Waals surface area contributed by atoms with Crippen molar-refractivity contribution in [3.05, 3.63) is 89.2 Å². The molecular weight excluding hydrogens is 457 g/mol. The van der Waals surface area contributed by atoms with Crippen LogP contribution >= 0.6 is 11.8 Å². The van der Waals surface area contributed by atoms with E-state index in [9.17, 15) is 13.4 Å². The van der Waals surface area contributed by atoms with Crippen molar-refractivity contribution in [2.45, 2.75) is 36.1 Å².